The molecule has 0 bridgehead atoms. The van der Waals surface area contributed by atoms with E-state index in [1.54, 1.807) is 57.5 Å². The maximum Gasteiger partial charge on any atom is 0.273 e. The number of hydrogen-bond acceptors (Lipinski definition) is 7. The molecule has 0 saturated carbocycles. The quantitative estimate of drug-likeness (QED) is 0.483. The maximum absolute atomic E-state index is 13.2. The molecule has 3 aromatic rings. The summed E-state index contributed by atoms with van der Waals surface area (Å²) in [6, 6.07) is 14.1. The summed E-state index contributed by atoms with van der Waals surface area (Å²) in [7, 11) is 3.15. The number of carbonyl (C=O) groups is 1. The number of methoxy groups -OCH3 is 2. The Morgan fingerprint density at radius 1 is 0.964 bits per heavy atom. The lowest BCUT2D eigenvalue weighted by molar-refractivity contribution is 0.0989. The summed E-state index contributed by atoms with van der Waals surface area (Å²) < 4.78 is 10.3. The van der Waals surface area contributed by atoms with Crippen molar-refractivity contribution in [1.29, 1.82) is 0 Å². The minimum absolute atomic E-state index is 0.124. The first-order chi connectivity index (χ1) is 13.5. The van der Waals surface area contributed by atoms with E-state index in [1.165, 1.54) is 0 Å². The van der Waals surface area contributed by atoms with Crippen LogP contribution in [0.1, 0.15) is 26.9 Å². The second-order valence-electron chi connectivity index (χ2n) is 5.91. The average molecular weight is 397 g/mol. The molecule has 0 fully saturated rings. The van der Waals surface area contributed by atoms with E-state index in [0.29, 0.717) is 17.1 Å². The number of aromatic nitrogens is 3. The molecular formula is C20H19N3O4S. The van der Waals surface area contributed by atoms with Gasteiger partial charge in [-0.1, -0.05) is 23.9 Å². The fraction of sp³-hybridized carbons (Fsp3) is 0.200. The van der Waals surface area contributed by atoms with Crippen LogP contribution in [0.3, 0.4) is 0 Å². The monoisotopic (exact) mass is 397 g/mol. The summed E-state index contributed by atoms with van der Waals surface area (Å²) in [5.41, 5.74) is 1.22. The Bertz CT molecular complexity index is 1020. The zero-order chi connectivity index (χ0) is 20.1. The van der Waals surface area contributed by atoms with Crippen molar-refractivity contribution in [2.45, 2.75) is 17.3 Å². The number of thioether (sulfide) groups is 1. The Hall–Kier alpha value is -3.13. The number of rotatable bonds is 7. The van der Waals surface area contributed by atoms with Crippen LogP contribution in [0.2, 0.25) is 0 Å². The molecule has 28 heavy (non-hydrogen) atoms. The number of nitrogens with zero attached hydrogens (tertiary/aromatic N) is 2. The van der Waals surface area contributed by atoms with Crippen LogP contribution < -0.4 is 15.0 Å². The van der Waals surface area contributed by atoms with Gasteiger partial charge in [-0.25, -0.2) is 0 Å². The molecule has 1 atom stereocenters. The molecule has 8 heteroatoms. The molecule has 2 aromatic carbocycles. The van der Waals surface area contributed by atoms with Crippen LogP contribution in [-0.2, 0) is 0 Å². The van der Waals surface area contributed by atoms with Gasteiger partial charge in [0.2, 0.25) is 0 Å². The van der Waals surface area contributed by atoms with Gasteiger partial charge in [0.1, 0.15) is 22.4 Å². The van der Waals surface area contributed by atoms with Crippen molar-refractivity contribution in [2.24, 2.45) is 0 Å². The highest BCUT2D eigenvalue weighted by atomic mass is 32.2. The number of benzene rings is 2. The lowest BCUT2D eigenvalue weighted by atomic mass is 10.0. The topological polar surface area (TPSA) is 94.2 Å². The Morgan fingerprint density at radius 3 is 2.07 bits per heavy atom. The summed E-state index contributed by atoms with van der Waals surface area (Å²) in [6.07, 6.45) is 0. The van der Waals surface area contributed by atoms with Crippen LogP contribution in [-0.4, -0.2) is 35.2 Å². The zero-order valence-corrected chi connectivity index (χ0v) is 16.4. The third-order valence-electron chi connectivity index (χ3n) is 4.10. The predicted molar refractivity (Wildman–Crippen MR) is 106 cm³/mol. The standard InChI is InChI=1S/C20H19N3O4S/c1-12-19(25)21-20(23-22-12)28-18(14-6-10-16(27-3)11-7-14)17(24)13-4-8-15(26-2)9-5-13/h4-11,18H,1-3H3,(H,21,23,25)/t18-/m1/s1. The molecule has 144 valence electrons. The second-order valence-corrected chi connectivity index (χ2v) is 7.00. The van der Waals surface area contributed by atoms with Crippen LogP contribution in [0.5, 0.6) is 11.5 Å². The van der Waals surface area contributed by atoms with E-state index in [4.69, 9.17) is 9.47 Å². The summed E-state index contributed by atoms with van der Waals surface area (Å²) >= 11 is 1.14. The fourth-order valence-electron chi connectivity index (χ4n) is 2.50. The zero-order valence-electron chi connectivity index (χ0n) is 15.6. The Labute approximate surface area is 166 Å². The Morgan fingerprint density at radius 2 is 1.54 bits per heavy atom. The van der Waals surface area contributed by atoms with E-state index >= 15 is 0 Å². The lowest BCUT2D eigenvalue weighted by Crippen LogP contribution is -2.16. The largest absolute Gasteiger partial charge is 0.497 e. The number of nitrogens with one attached hydrogen (secondary N) is 1. The second kappa shape index (κ2) is 8.71. The number of H-pyrrole nitrogens is 1. The van der Waals surface area contributed by atoms with Crippen LogP contribution >= 0.6 is 11.8 Å². The van der Waals surface area contributed by atoms with Gasteiger partial charge < -0.3 is 9.47 Å². The van der Waals surface area contributed by atoms with E-state index in [-0.39, 0.29) is 22.2 Å². The van der Waals surface area contributed by atoms with Crippen LogP contribution in [0.4, 0.5) is 0 Å². The molecule has 0 aliphatic carbocycles. The van der Waals surface area contributed by atoms with Gasteiger partial charge in [0.25, 0.3) is 5.56 Å². The summed E-state index contributed by atoms with van der Waals surface area (Å²) in [4.78, 5) is 27.7. The van der Waals surface area contributed by atoms with E-state index in [2.05, 4.69) is 15.2 Å². The fourth-order valence-corrected chi connectivity index (χ4v) is 3.50. The first-order valence-corrected chi connectivity index (χ1v) is 9.32. The molecule has 0 aliphatic rings. The molecule has 0 unspecified atom stereocenters. The van der Waals surface area contributed by atoms with Crippen LogP contribution in [0.25, 0.3) is 0 Å². The van der Waals surface area contributed by atoms with E-state index < -0.39 is 5.25 Å². The van der Waals surface area contributed by atoms with Crippen LogP contribution in [0, 0.1) is 6.92 Å². The Kier molecular flexibility index (Phi) is 6.10. The van der Waals surface area contributed by atoms with E-state index in [9.17, 15) is 9.59 Å². The molecule has 0 saturated heterocycles. The number of ether oxygens (including phenoxy) is 2. The average Bonchev–Trinajstić information content (AvgIpc) is 2.74. The number of carbonyl (C=O) groups excluding carboxylic acids is 1. The molecule has 0 aliphatic heterocycles. The molecule has 1 aromatic heterocycles. The summed E-state index contributed by atoms with van der Waals surface area (Å²) in [6.45, 7) is 1.57. The van der Waals surface area contributed by atoms with Crippen molar-refractivity contribution in [3.8, 4) is 11.5 Å². The van der Waals surface area contributed by atoms with Gasteiger partial charge in [-0.05, 0) is 48.9 Å². The number of aryl methyl sites for hydroxylation is 1. The van der Waals surface area contributed by atoms with E-state index in [1.807, 2.05) is 12.1 Å². The van der Waals surface area contributed by atoms with Crippen molar-refractivity contribution in [3.05, 3.63) is 75.7 Å². The van der Waals surface area contributed by atoms with Gasteiger partial charge in [0, 0.05) is 5.56 Å². The minimum Gasteiger partial charge on any atom is -0.497 e. The number of ketones is 1. The van der Waals surface area contributed by atoms with Crippen molar-refractivity contribution in [2.75, 3.05) is 14.2 Å². The summed E-state index contributed by atoms with van der Waals surface area (Å²) in [5, 5.41) is 7.50. The number of Topliss-reactive ketones (excluding diaryl/α,β-unsaturated/α-hetero) is 1. The van der Waals surface area contributed by atoms with Gasteiger partial charge in [0.05, 0.1) is 14.2 Å². The molecule has 0 spiro atoms. The molecule has 3 rings (SSSR count). The first-order valence-electron chi connectivity index (χ1n) is 8.44. The van der Waals surface area contributed by atoms with Gasteiger partial charge in [-0.3, -0.25) is 14.6 Å². The Balaban J connectivity index is 1.97. The summed E-state index contributed by atoms with van der Waals surface area (Å²) in [5.74, 6) is 1.23. The third-order valence-corrected chi connectivity index (χ3v) is 5.23. The third kappa shape index (κ3) is 4.40. The van der Waals surface area contributed by atoms with Crippen molar-refractivity contribution >= 4 is 17.5 Å². The van der Waals surface area contributed by atoms with Crippen molar-refractivity contribution in [1.82, 2.24) is 15.2 Å². The smallest absolute Gasteiger partial charge is 0.273 e. The normalized spacial score (nSPS) is 11.7. The SMILES string of the molecule is COc1ccc(C(=O)[C@H](Sc2nnc(C)c(=O)[nH]2)c2ccc(OC)cc2)cc1. The molecular weight excluding hydrogens is 378 g/mol. The molecule has 0 radical (unpaired) electrons. The lowest BCUT2D eigenvalue weighted by Gasteiger charge is -2.16. The highest BCUT2D eigenvalue weighted by Crippen LogP contribution is 2.36. The van der Waals surface area contributed by atoms with Gasteiger partial charge in [0.15, 0.2) is 10.9 Å². The minimum atomic E-state index is -0.619. The van der Waals surface area contributed by atoms with Gasteiger partial charge in [-0.2, -0.15) is 0 Å². The highest BCUT2D eigenvalue weighted by Gasteiger charge is 2.25. The van der Waals surface area contributed by atoms with Crippen molar-refractivity contribution < 1.29 is 14.3 Å². The molecule has 1 N–H and O–H groups in total. The number of hydrogen-bond donors (Lipinski definition) is 1. The predicted octanol–water partition coefficient (Wildman–Crippen LogP) is 3.21. The molecule has 1 heterocycles. The van der Waals surface area contributed by atoms with Gasteiger partial charge >= 0.3 is 0 Å². The molecule has 7 nitrogen and oxygen atoms in total. The van der Waals surface area contributed by atoms with Crippen LogP contribution in [0.15, 0.2) is 58.5 Å². The maximum atomic E-state index is 13.2. The van der Waals surface area contributed by atoms with Gasteiger partial charge in [-0.15, -0.1) is 10.2 Å². The molecule has 0 amide bonds. The first kappa shape index (κ1) is 19.6. The van der Waals surface area contributed by atoms with E-state index in [0.717, 1.165) is 17.3 Å². The highest BCUT2D eigenvalue weighted by molar-refractivity contribution is 8.00. The number of aromatic amines is 1. The van der Waals surface area contributed by atoms with Crippen molar-refractivity contribution in [3.63, 3.8) is 0 Å².